The third kappa shape index (κ3) is 6.58. The smallest absolute Gasteiger partial charge is 0.326 e. The van der Waals surface area contributed by atoms with Crippen LogP contribution in [0.1, 0.15) is 37.4 Å². The number of nitrogens with one attached hydrogen (secondary N) is 2. The number of hydrogen-bond acceptors (Lipinski definition) is 6. The summed E-state index contributed by atoms with van der Waals surface area (Å²) in [6.07, 6.45) is 3.60. The topological polar surface area (TPSA) is 135 Å². The van der Waals surface area contributed by atoms with Crippen LogP contribution in [-0.2, 0) is 35.4 Å². The van der Waals surface area contributed by atoms with Crippen molar-refractivity contribution in [2.75, 3.05) is 19.5 Å². The van der Waals surface area contributed by atoms with Crippen LogP contribution < -0.4 is 10.6 Å². The van der Waals surface area contributed by atoms with Crippen LogP contribution in [0, 0.1) is 0 Å². The average molecular weight is 629 g/mol. The zero-order valence-corrected chi connectivity index (χ0v) is 24.8. The van der Waals surface area contributed by atoms with Gasteiger partial charge in [-0.15, -0.1) is 0 Å². The van der Waals surface area contributed by atoms with E-state index in [1.165, 1.54) is 6.26 Å². The van der Waals surface area contributed by atoms with Crippen molar-refractivity contribution < 1.29 is 28.5 Å². The third-order valence-electron chi connectivity index (χ3n) is 7.17. The zero-order valence-electron chi connectivity index (χ0n) is 22.5. The molecule has 0 saturated carbocycles. The summed E-state index contributed by atoms with van der Waals surface area (Å²) < 4.78 is 17.2. The number of hydrogen-bond donors (Lipinski definition) is 3. The van der Waals surface area contributed by atoms with Crippen LogP contribution in [0.5, 0.6) is 0 Å². The maximum absolute atomic E-state index is 13.2. The zero-order chi connectivity index (χ0) is 30.0. The molecule has 0 aliphatic carbocycles. The lowest BCUT2D eigenvalue weighted by Crippen LogP contribution is -2.43. The first-order valence-electron chi connectivity index (χ1n) is 13.0. The lowest BCUT2D eigenvalue weighted by molar-refractivity contribution is -0.139. The van der Waals surface area contributed by atoms with Crippen molar-refractivity contribution in [3.05, 3.63) is 98.7 Å². The van der Waals surface area contributed by atoms with Gasteiger partial charge in [-0.1, -0.05) is 41.4 Å². The van der Waals surface area contributed by atoms with Crippen molar-refractivity contribution >= 4 is 63.1 Å². The second-order valence-corrected chi connectivity index (χ2v) is 12.2. The molecule has 9 nitrogen and oxygen atoms in total. The highest BCUT2D eigenvalue weighted by Gasteiger charge is 2.28. The van der Waals surface area contributed by atoms with E-state index in [0.29, 0.717) is 47.8 Å². The lowest BCUT2D eigenvalue weighted by Gasteiger charge is -2.30. The molecule has 1 aliphatic heterocycles. The second-order valence-electron chi connectivity index (χ2n) is 9.99. The molecule has 3 N–H and O–H groups in total. The molecule has 5 rings (SSSR count). The average Bonchev–Trinajstić information content (AvgIpc) is 3.43. The number of carbonyl (C=O) groups is 3. The number of amides is 2. The van der Waals surface area contributed by atoms with E-state index in [4.69, 9.17) is 27.6 Å². The van der Waals surface area contributed by atoms with Gasteiger partial charge in [-0.05, 0) is 70.7 Å². The number of aliphatic carboxylic acids is 1. The van der Waals surface area contributed by atoms with Gasteiger partial charge >= 0.3 is 5.97 Å². The van der Waals surface area contributed by atoms with Crippen molar-refractivity contribution in [1.82, 2.24) is 15.5 Å². The number of halogens is 2. The molecule has 2 heterocycles. The van der Waals surface area contributed by atoms with Crippen molar-refractivity contribution in [2.24, 2.45) is 0 Å². The molecule has 3 aromatic carbocycles. The highest BCUT2D eigenvalue weighted by atomic mass is 35.5. The first kappa shape index (κ1) is 29.9. The Bertz CT molecular complexity index is 1670. The summed E-state index contributed by atoms with van der Waals surface area (Å²) in [6, 6.07) is 14.2. The number of carboxylic acid groups (broad SMARTS) is 1. The van der Waals surface area contributed by atoms with Gasteiger partial charge in [-0.3, -0.25) is 14.5 Å². The van der Waals surface area contributed by atoms with Crippen LogP contribution in [0.4, 0.5) is 0 Å². The lowest BCUT2D eigenvalue weighted by atomic mass is 9.96. The highest BCUT2D eigenvalue weighted by molar-refractivity contribution is 7.90. The maximum atomic E-state index is 13.2. The fraction of sp³-hybridized carbons (Fsp3) is 0.233. The molecule has 0 fully saturated rings. The number of nitrogens with zero attached hydrogens (tertiary/aromatic N) is 1. The molecule has 12 heteroatoms. The Morgan fingerprint density at radius 3 is 2.69 bits per heavy atom. The van der Waals surface area contributed by atoms with Crippen LogP contribution in [0.25, 0.3) is 11.0 Å². The molecule has 1 aliphatic rings. The van der Waals surface area contributed by atoms with Gasteiger partial charge in [0.1, 0.15) is 17.9 Å². The van der Waals surface area contributed by atoms with Crippen LogP contribution in [0.15, 0.2) is 70.2 Å². The summed E-state index contributed by atoms with van der Waals surface area (Å²) in [5.41, 5.74) is 3.33. The van der Waals surface area contributed by atoms with Gasteiger partial charge in [-0.2, -0.15) is 0 Å². The highest BCUT2D eigenvalue weighted by Crippen LogP contribution is 2.34. The first-order valence-corrected chi connectivity index (χ1v) is 15.4. The molecule has 0 radical (unpaired) electrons. The van der Waals surface area contributed by atoms with E-state index in [2.05, 4.69) is 10.6 Å². The summed E-state index contributed by atoms with van der Waals surface area (Å²) in [6.45, 7) is 1.31. The third-order valence-corrected chi connectivity index (χ3v) is 8.80. The van der Waals surface area contributed by atoms with Gasteiger partial charge in [0.2, 0.25) is 0 Å². The van der Waals surface area contributed by atoms with Crippen molar-refractivity contribution in [3.63, 3.8) is 0 Å². The van der Waals surface area contributed by atoms with E-state index < -0.39 is 29.1 Å². The summed E-state index contributed by atoms with van der Waals surface area (Å²) >= 11 is 12.0. The van der Waals surface area contributed by atoms with Crippen molar-refractivity contribution in [1.29, 1.82) is 0 Å². The molecule has 218 valence electrons. The molecule has 2 amide bonds. The fourth-order valence-corrected chi connectivity index (χ4v) is 6.30. The first-order chi connectivity index (χ1) is 20.1. The SMILES string of the molecule is C[S+]([O-])c1cccc(C[C@H](NC(=O)c2c(Cl)cc3c(c2Cl)CCN(CNC(=O)c2ccc4ccoc4c2)C3)C(=O)O)c1. The largest absolute Gasteiger partial charge is 0.612 e. The van der Waals surface area contributed by atoms with Gasteiger partial charge in [0, 0.05) is 30.5 Å². The van der Waals surface area contributed by atoms with Crippen molar-refractivity contribution in [2.45, 2.75) is 30.3 Å². The summed E-state index contributed by atoms with van der Waals surface area (Å²) in [5, 5.41) is 16.4. The Morgan fingerprint density at radius 1 is 1.12 bits per heavy atom. The van der Waals surface area contributed by atoms with E-state index in [0.717, 1.165) is 16.5 Å². The second kappa shape index (κ2) is 12.8. The molecule has 0 saturated heterocycles. The van der Waals surface area contributed by atoms with E-state index in [-0.39, 0.29) is 27.9 Å². The van der Waals surface area contributed by atoms with Gasteiger partial charge in [0.15, 0.2) is 4.90 Å². The Kier molecular flexibility index (Phi) is 9.10. The summed E-state index contributed by atoms with van der Waals surface area (Å²) in [7, 11) is 0. The molecular weight excluding hydrogens is 601 g/mol. The maximum Gasteiger partial charge on any atom is 0.326 e. The van der Waals surface area contributed by atoms with E-state index in [9.17, 15) is 24.0 Å². The predicted octanol–water partition coefficient (Wildman–Crippen LogP) is 4.65. The minimum atomic E-state index is -1.26. The van der Waals surface area contributed by atoms with Crippen molar-refractivity contribution in [3.8, 4) is 0 Å². The van der Waals surface area contributed by atoms with Crippen LogP contribution in [0.3, 0.4) is 0 Å². The quantitative estimate of drug-likeness (QED) is 0.230. The monoisotopic (exact) mass is 627 g/mol. The Hall–Kier alpha value is -3.54. The van der Waals surface area contributed by atoms with E-state index in [1.54, 1.807) is 48.7 Å². The molecule has 2 atom stereocenters. The standard InChI is InChI=1S/C30H27Cl2N3O6S/c1-42(40)21-4-2-3-17(11-21)12-24(30(38)39)34-29(37)26-23(31)13-20-15-35(9-7-22(20)27(26)32)16-33-28(36)19-6-5-18-8-10-41-25(18)14-19/h2-6,8,10-11,13-14,24H,7,9,12,15-16H2,1H3,(H,33,36)(H,34,37)(H,38,39)/t24-,42?/m0/s1. The van der Waals surface area contributed by atoms with Gasteiger partial charge in [0.05, 0.1) is 28.5 Å². The molecule has 0 spiro atoms. The molecule has 1 unspecified atom stereocenters. The van der Waals surface area contributed by atoms with E-state index >= 15 is 0 Å². The normalized spacial score (nSPS) is 14.7. The molecule has 4 aromatic rings. The number of rotatable bonds is 9. The Balaban J connectivity index is 1.25. The van der Waals surface area contributed by atoms with Crippen LogP contribution in [-0.4, -0.2) is 57.9 Å². The van der Waals surface area contributed by atoms with Gasteiger partial charge in [0.25, 0.3) is 11.8 Å². The molecular formula is C30H27Cl2N3O6S. The van der Waals surface area contributed by atoms with E-state index in [1.807, 2.05) is 17.0 Å². The summed E-state index contributed by atoms with van der Waals surface area (Å²) in [4.78, 5) is 40.5. The molecule has 1 aromatic heterocycles. The van der Waals surface area contributed by atoms with Gasteiger partial charge in [-0.25, -0.2) is 4.79 Å². The number of furan rings is 1. The Morgan fingerprint density at radius 2 is 1.93 bits per heavy atom. The summed E-state index contributed by atoms with van der Waals surface area (Å²) in [5.74, 6) is -2.15. The molecule has 42 heavy (non-hydrogen) atoms. The van der Waals surface area contributed by atoms with Crippen LogP contribution in [0.2, 0.25) is 10.0 Å². The Labute approximate surface area is 255 Å². The number of carbonyl (C=O) groups excluding carboxylic acids is 2. The minimum absolute atomic E-state index is 0.0116. The number of fused-ring (bicyclic) bond motifs is 2. The predicted molar refractivity (Wildman–Crippen MR) is 160 cm³/mol. The minimum Gasteiger partial charge on any atom is -0.612 e. The van der Waals surface area contributed by atoms with Crippen LogP contribution >= 0.6 is 23.2 Å². The fourth-order valence-electron chi connectivity index (χ4n) is 4.95. The number of carboxylic acids is 1. The number of benzene rings is 3. The molecule has 0 bridgehead atoms. The van der Waals surface area contributed by atoms with Gasteiger partial charge < -0.3 is 24.7 Å².